The minimum Gasteiger partial charge on any atom is -0.462 e. The van der Waals surface area contributed by atoms with Crippen molar-refractivity contribution in [1.82, 2.24) is 25.2 Å². The van der Waals surface area contributed by atoms with E-state index in [9.17, 15) is 39.5 Å². The van der Waals surface area contributed by atoms with Crippen LogP contribution in [0.3, 0.4) is 0 Å². The number of hydrogen-bond acceptors (Lipinski definition) is 9. The maximum Gasteiger partial charge on any atom is 0.427 e. The first-order valence-corrected chi connectivity index (χ1v) is 15.5. The van der Waals surface area contributed by atoms with Gasteiger partial charge in [-0.15, -0.1) is 0 Å². The molecule has 0 amide bonds. The summed E-state index contributed by atoms with van der Waals surface area (Å²) in [6.45, 7) is 0.227. The number of anilines is 2. The number of nitrogens with two attached hydrogens (primary N) is 1. The van der Waals surface area contributed by atoms with E-state index in [1.807, 2.05) is 0 Å². The number of aromatic nitrogens is 3. The second-order valence-electron chi connectivity index (χ2n) is 13.4. The van der Waals surface area contributed by atoms with E-state index in [0.717, 1.165) is 6.92 Å². The summed E-state index contributed by atoms with van der Waals surface area (Å²) in [4.78, 5) is 15.1. The van der Waals surface area contributed by atoms with Gasteiger partial charge in [-0.2, -0.15) is 36.3 Å². The Morgan fingerprint density at radius 2 is 1.84 bits per heavy atom. The van der Waals surface area contributed by atoms with E-state index in [4.69, 9.17) is 15.2 Å². The van der Waals surface area contributed by atoms with Crippen molar-refractivity contribution >= 4 is 22.4 Å². The fraction of sp³-hybridized carbons (Fsp3) is 0.567. The zero-order valence-corrected chi connectivity index (χ0v) is 25.5. The van der Waals surface area contributed by atoms with E-state index >= 15 is 4.39 Å². The Balaban J connectivity index is 1.36. The summed E-state index contributed by atoms with van der Waals surface area (Å²) in [6, 6.07) is -2.65. The molecule has 9 nitrogen and oxygen atoms in total. The van der Waals surface area contributed by atoms with Gasteiger partial charge < -0.3 is 25.4 Å². The van der Waals surface area contributed by atoms with Crippen molar-refractivity contribution in [2.45, 2.75) is 80.7 Å². The summed E-state index contributed by atoms with van der Waals surface area (Å²) < 4.78 is 159. The average molecular weight is 708 g/mol. The third-order valence-electron chi connectivity index (χ3n) is 10.4. The van der Waals surface area contributed by atoms with Gasteiger partial charge in [0.2, 0.25) is 12.0 Å². The van der Waals surface area contributed by atoms with Crippen LogP contribution in [0.2, 0.25) is 0 Å². The topological polar surface area (TPSA) is 102 Å². The number of nitrogen functional groups attached to an aromatic ring is 1. The predicted octanol–water partition coefficient (Wildman–Crippen LogP) is 5.37. The minimum atomic E-state index is -5.28. The second-order valence-corrected chi connectivity index (χ2v) is 13.4. The van der Waals surface area contributed by atoms with Gasteiger partial charge in [-0.05, 0) is 37.8 Å². The van der Waals surface area contributed by atoms with Crippen LogP contribution in [0.5, 0.6) is 11.9 Å². The molecule has 8 rings (SSSR count). The lowest BCUT2D eigenvalue weighted by Gasteiger charge is -2.46. The lowest BCUT2D eigenvalue weighted by atomic mass is 9.85. The molecule has 0 spiro atoms. The standard InChI is InChI=1S/C30H27F10N7O2/c1-11-17(29(35,36)37)13(6-14(41)18(11)31)20-19(32)21-16-24(45-26(44-21)48-10-27-4-5-46(27)9-28(33,34)8-27)47-7-12-2-3-15(42-12)22(47)23(30(38,39)40)49-25(16)43-20/h6,12,15,22-23,42H,2-5,7-10,41H2,1H3/t12-,15+,22+,23-,27-/m1/s1. The third kappa shape index (κ3) is 4.92. The lowest BCUT2D eigenvalue weighted by Crippen LogP contribution is -2.66. The largest absolute Gasteiger partial charge is 0.462 e. The number of alkyl halides is 8. The molecule has 0 aliphatic carbocycles. The number of nitrogens with zero attached hydrogens (tertiary/aromatic N) is 5. The van der Waals surface area contributed by atoms with E-state index in [1.54, 1.807) is 0 Å². The van der Waals surface area contributed by atoms with Gasteiger partial charge >= 0.3 is 18.4 Å². The quantitative estimate of drug-likeness (QED) is 0.274. The molecule has 5 aliphatic rings. The Labute approximate surface area is 270 Å². The Morgan fingerprint density at radius 1 is 1.08 bits per heavy atom. The highest BCUT2D eigenvalue weighted by Crippen LogP contribution is 2.50. The molecule has 264 valence electrons. The Bertz CT molecular complexity index is 1890. The molecule has 0 saturated carbocycles. The number of benzene rings is 1. The van der Waals surface area contributed by atoms with Gasteiger partial charge in [0.05, 0.1) is 29.4 Å². The first-order valence-electron chi connectivity index (χ1n) is 15.5. The van der Waals surface area contributed by atoms with Crippen molar-refractivity contribution in [1.29, 1.82) is 0 Å². The number of halogens is 10. The second kappa shape index (κ2) is 10.3. The SMILES string of the molecule is Cc1c(F)c(N)cc(-c2nc3c4c(nc(OC[C@]56CCN5CC(F)(F)C6)nc4c2F)N2C[C@H]4CC[C@H](N4)[C@H]2[C@H](C(F)(F)F)O3)c1C(F)(F)F. The van der Waals surface area contributed by atoms with Crippen LogP contribution >= 0.6 is 0 Å². The van der Waals surface area contributed by atoms with E-state index in [-0.39, 0.29) is 25.0 Å². The van der Waals surface area contributed by atoms with Crippen molar-refractivity contribution in [3.8, 4) is 23.1 Å². The average Bonchev–Trinajstić information content (AvgIpc) is 3.41. The molecule has 3 N–H and O–H groups in total. The monoisotopic (exact) mass is 707 g/mol. The molecule has 2 aromatic heterocycles. The van der Waals surface area contributed by atoms with Crippen molar-refractivity contribution in [3.05, 3.63) is 28.8 Å². The van der Waals surface area contributed by atoms with Gasteiger partial charge in [-0.25, -0.2) is 22.5 Å². The maximum atomic E-state index is 16.7. The molecule has 4 saturated heterocycles. The fourth-order valence-corrected chi connectivity index (χ4v) is 8.17. The van der Waals surface area contributed by atoms with Gasteiger partial charge in [0, 0.05) is 37.2 Å². The van der Waals surface area contributed by atoms with Crippen LogP contribution in [-0.2, 0) is 6.18 Å². The number of fused-ring (bicyclic) bond motifs is 6. The third-order valence-corrected chi connectivity index (χ3v) is 10.4. The summed E-state index contributed by atoms with van der Waals surface area (Å²) in [6.07, 6.45) is -12.3. The number of ether oxygens (including phenoxy) is 2. The van der Waals surface area contributed by atoms with Crippen LogP contribution < -0.4 is 25.4 Å². The first-order chi connectivity index (χ1) is 22.9. The van der Waals surface area contributed by atoms with Gasteiger partial charge in [0.25, 0.3) is 5.92 Å². The molecule has 4 fully saturated rings. The molecule has 7 heterocycles. The summed E-state index contributed by atoms with van der Waals surface area (Å²) in [5.41, 5.74) is -1.90. The van der Waals surface area contributed by atoms with Gasteiger partial charge in [-0.1, -0.05) is 0 Å². The van der Waals surface area contributed by atoms with E-state index in [1.165, 1.54) is 9.80 Å². The van der Waals surface area contributed by atoms with Crippen LogP contribution in [-0.4, -0.2) is 88.0 Å². The minimum absolute atomic E-state index is 0.0404. The summed E-state index contributed by atoms with van der Waals surface area (Å²) in [5, 5.41) is 2.67. The Kier molecular flexibility index (Phi) is 6.82. The summed E-state index contributed by atoms with van der Waals surface area (Å²) >= 11 is 0. The van der Waals surface area contributed by atoms with Gasteiger partial charge in [0.15, 0.2) is 5.82 Å². The van der Waals surface area contributed by atoms with Gasteiger partial charge in [-0.3, -0.25) is 4.90 Å². The highest BCUT2D eigenvalue weighted by atomic mass is 19.4. The molecule has 0 radical (unpaired) electrons. The molecule has 2 bridgehead atoms. The Morgan fingerprint density at radius 3 is 2.49 bits per heavy atom. The Hall–Kier alpha value is -3.87. The zero-order chi connectivity index (χ0) is 35.0. The normalized spacial score (nSPS) is 28.9. The lowest BCUT2D eigenvalue weighted by molar-refractivity contribution is -0.203. The van der Waals surface area contributed by atoms with Crippen LogP contribution in [0, 0.1) is 18.6 Å². The molecule has 5 aliphatic heterocycles. The number of rotatable bonds is 4. The highest BCUT2D eigenvalue weighted by Gasteiger charge is 2.60. The zero-order valence-electron chi connectivity index (χ0n) is 25.5. The maximum absolute atomic E-state index is 16.7. The molecule has 3 aromatic rings. The molecule has 1 aromatic carbocycles. The van der Waals surface area contributed by atoms with E-state index < -0.39 is 117 Å². The van der Waals surface area contributed by atoms with Crippen LogP contribution in [0.4, 0.5) is 55.4 Å². The smallest absolute Gasteiger partial charge is 0.427 e. The van der Waals surface area contributed by atoms with Crippen molar-refractivity contribution in [2.24, 2.45) is 0 Å². The molecular formula is C30H27F10N7O2. The fourth-order valence-electron chi connectivity index (χ4n) is 8.17. The molecule has 19 heteroatoms. The molecule has 5 atom stereocenters. The van der Waals surface area contributed by atoms with Crippen molar-refractivity contribution < 1.29 is 53.4 Å². The number of nitrogens with one attached hydrogen (secondary N) is 1. The first kappa shape index (κ1) is 32.3. The molecular weight excluding hydrogens is 680 g/mol. The summed E-state index contributed by atoms with van der Waals surface area (Å²) in [5.74, 6) is -7.13. The highest BCUT2D eigenvalue weighted by molar-refractivity contribution is 5.97. The van der Waals surface area contributed by atoms with E-state index in [2.05, 4.69) is 20.3 Å². The van der Waals surface area contributed by atoms with Crippen LogP contribution in [0.25, 0.3) is 22.2 Å². The number of piperazine rings is 1. The predicted molar refractivity (Wildman–Crippen MR) is 152 cm³/mol. The summed E-state index contributed by atoms with van der Waals surface area (Å²) in [7, 11) is 0. The number of pyridine rings is 1. The molecule has 0 unspecified atom stereocenters. The number of hydrogen-bond donors (Lipinski definition) is 2. The van der Waals surface area contributed by atoms with E-state index in [0.29, 0.717) is 31.9 Å². The van der Waals surface area contributed by atoms with Crippen molar-refractivity contribution in [3.63, 3.8) is 0 Å². The van der Waals surface area contributed by atoms with Gasteiger partial charge in [0.1, 0.15) is 34.8 Å². The van der Waals surface area contributed by atoms with Crippen LogP contribution in [0.15, 0.2) is 6.07 Å². The van der Waals surface area contributed by atoms with Crippen molar-refractivity contribution in [2.75, 3.05) is 36.9 Å². The van der Waals surface area contributed by atoms with Crippen LogP contribution in [0.1, 0.15) is 36.8 Å². The molecule has 49 heavy (non-hydrogen) atoms.